The number of carbonyl (C=O) groups is 1. The number of nitriles is 1. The van der Waals surface area contributed by atoms with Gasteiger partial charge in [-0.2, -0.15) is 5.26 Å². The number of hydrogen-bond donors (Lipinski definition) is 3. The highest BCUT2D eigenvalue weighted by atomic mass is 35.5. The van der Waals surface area contributed by atoms with Crippen molar-refractivity contribution in [1.29, 1.82) is 5.26 Å². The molecule has 0 fully saturated rings. The van der Waals surface area contributed by atoms with E-state index in [2.05, 4.69) is 35.8 Å². The Balaban J connectivity index is 1.71. The number of hydrogen-bond acceptors (Lipinski definition) is 4. The minimum Gasteiger partial charge on any atom is -0.398 e. The first-order valence-corrected chi connectivity index (χ1v) is 10.2. The van der Waals surface area contributed by atoms with Crippen molar-refractivity contribution in [2.45, 2.75) is 45.1 Å². The Morgan fingerprint density at radius 1 is 1.24 bits per heavy atom. The molecule has 1 atom stereocenters. The van der Waals surface area contributed by atoms with Crippen molar-refractivity contribution < 1.29 is 4.79 Å². The fourth-order valence-corrected chi connectivity index (χ4v) is 3.74. The fraction of sp³-hybridized carbons (Fsp3) is 0.304. The molecule has 1 aliphatic rings. The van der Waals surface area contributed by atoms with Crippen LogP contribution in [0.25, 0.3) is 0 Å². The van der Waals surface area contributed by atoms with Crippen LogP contribution in [0.2, 0.25) is 5.02 Å². The summed E-state index contributed by atoms with van der Waals surface area (Å²) in [4.78, 5) is 12.5. The van der Waals surface area contributed by atoms with Crippen LogP contribution in [0.15, 0.2) is 48.2 Å². The number of rotatable bonds is 6. The predicted molar refractivity (Wildman–Crippen MR) is 117 cm³/mol. The smallest absolute Gasteiger partial charge is 0.267 e. The molecule has 0 spiro atoms. The summed E-state index contributed by atoms with van der Waals surface area (Å²) in [6.07, 6.45) is 7.07. The number of nitrogens with two attached hydrogens (primary N) is 1. The Kier molecular flexibility index (Phi) is 6.79. The van der Waals surface area contributed by atoms with Gasteiger partial charge in [-0.25, -0.2) is 0 Å². The van der Waals surface area contributed by atoms with E-state index in [1.807, 2.05) is 6.07 Å². The normalized spacial score (nSPS) is 14.4. The summed E-state index contributed by atoms with van der Waals surface area (Å²) in [6, 6.07) is 13.4. The van der Waals surface area contributed by atoms with Gasteiger partial charge in [-0.3, -0.25) is 4.79 Å². The average molecular weight is 409 g/mol. The van der Waals surface area contributed by atoms with E-state index < -0.39 is 5.91 Å². The molecule has 29 heavy (non-hydrogen) atoms. The number of halogens is 1. The molecule has 0 aliphatic heterocycles. The van der Waals surface area contributed by atoms with Crippen molar-refractivity contribution >= 4 is 28.9 Å². The molecule has 6 heteroatoms. The van der Waals surface area contributed by atoms with Gasteiger partial charge in [0, 0.05) is 11.9 Å². The lowest BCUT2D eigenvalue weighted by atomic mass is 9.89. The van der Waals surface area contributed by atoms with Crippen molar-refractivity contribution in [1.82, 2.24) is 5.32 Å². The van der Waals surface area contributed by atoms with Crippen LogP contribution in [-0.2, 0) is 17.6 Å². The van der Waals surface area contributed by atoms with Gasteiger partial charge in [0.2, 0.25) is 0 Å². The molecule has 4 N–H and O–H groups in total. The van der Waals surface area contributed by atoms with Gasteiger partial charge < -0.3 is 16.4 Å². The SMILES string of the molecule is CCC(N/C=C(/C#N)C(=O)Nc1ccc(N)c(Cl)c1)c1ccc2c(c1)CCCC2. The second-order valence-corrected chi connectivity index (χ2v) is 7.63. The number of aryl methyl sites for hydroxylation is 2. The van der Waals surface area contributed by atoms with Gasteiger partial charge >= 0.3 is 0 Å². The Bertz CT molecular complexity index is 977. The highest BCUT2D eigenvalue weighted by Gasteiger charge is 2.15. The molecule has 2 aromatic carbocycles. The Hall–Kier alpha value is -2.97. The number of anilines is 2. The zero-order valence-corrected chi connectivity index (χ0v) is 17.2. The monoisotopic (exact) mass is 408 g/mol. The highest BCUT2D eigenvalue weighted by molar-refractivity contribution is 6.33. The number of amides is 1. The zero-order valence-electron chi connectivity index (χ0n) is 16.5. The maximum atomic E-state index is 12.5. The number of nitrogen functional groups attached to an aromatic ring is 1. The number of nitrogens with zero attached hydrogens (tertiary/aromatic N) is 1. The third kappa shape index (κ3) is 5.10. The number of fused-ring (bicyclic) bond motifs is 1. The minimum atomic E-state index is -0.499. The molecule has 0 bridgehead atoms. The molecule has 1 unspecified atom stereocenters. The molecule has 1 aliphatic carbocycles. The Labute approximate surface area is 176 Å². The van der Waals surface area contributed by atoms with E-state index in [4.69, 9.17) is 17.3 Å². The molecule has 1 amide bonds. The first-order valence-electron chi connectivity index (χ1n) is 9.86. The second kappa shape index (κ2) is 9.49. The van der Waals surface area contributed by atoms with Crippen LogP contribution in [0, 0.1) is 11.3 Å². The molecule has 0 heterocycles. The molecule has 150 valence electrons. The lowest BCUT2D eigenvalue weighted by molar-refractivity contribution is -0.112. The second-order valence-electron chi connectivity index (χ2n) is 7.22. The maximum absolute atomic E-state index is 12.5. The quantitative estimate of drug-likeness (QED) is 0.360. The Morgan fingerprint density at radius 2 is 2.00 bits per heavy atom. The van der Waals surface area contributed by atoms with Gasteiger partial charge in [0.25, 0.3) is 5.91 Å². The van der Waals surface area contributed by atoms with E-state index >= 15 is 0 Å². The van der Waals surface area contributed by atoms with Crippen LogP contribution in [0.4, 0.5) is 11.4 Å². The van der Waals surface area contributed by atoms with Crippen molar-refractivity contribution in [2.75, 3.05) is 11.1 Å². The van der Waals surface area contributed by atoms with Crippen LogP contribution < -0.4 is 16.4 Å². The molecular weight excluding hydrogens is 384 g/mol. The van der Waals surface area contributed by atoms with Crippen molar-refractivity contribution in [3.63, 3.8) is 0 Å². The molecule has 5 nitrogen and oxygen atoms in total. The van der Waals surface area contributed by atoms with Gasteiger partial charge in [-0.1, -0.05) is 36.7 Å². The van der Waals surface area contributed by atoms with Crippen molar-refractivity contribution in [2.24, 2.45) is 0 Å². The number of carbonyl (C=O) groups excluding carboxylic acids is 1. The molecule has 0 saturated heterocycles. The maximum Gasteiger partial charge on any atom is 0.267 e. The van der Waals surface area contributed by atoms with E-state index in [1.165, 1.54) is 35.7 Å². The number of nitrogens with one attached hydrogen (secondary N) is 2. The Morgan fingerprint density at radius 3 is 2.69 bits per heavy atom. The third-order valence-corrected chi connectivity index (χ3v) is 5.56. The van der Waals surface area contributed by atoms with Crippen LogP contribution in [0.3, 0.4) is 0 Å². The van der Waals surface area contributed by atoms with E-state index in [-0.39, 0.29) is 11.6 Å². The highest BCUT2D eigenvalue weighted by Crippen LogP contribution is 2.26. The van der Waals surface area contributed by atoms with Gasteiger partial charge in [0.1, 0.15) is 11.6 Å². The number of benzene rings is 2. The molecule has 2 aromatic rings. The van der Waals surface area contributed by atoms with Gasteiger partial charge in [0.15, 0.2) is 0 Å². The van der Waals surface area contributed by atoms with Crippen molar-refractivity contribution in [3.05, 3.63) is 69.9 Å². The average Bonchev–Trinajstić information content (AvgIpc) is 2.73. The van der Waals surface area contributed by atoms with Gasteiger partial charge in [-0.15, -0.1) is 0 Å². The van der Waals surface area contributed by atoms with Gasteiger partial charge in [0.05, 0.1) is 16.8 Å². The van der Waals surface area contributed by atoms with Gasteiger partial charge in [-0.05, 0) is 67.0 Å². The first-order chi connectivity index (χ1) is 14.0. The molecule has 0 radical (unpaired) electrons. The van der Waals surface area contributed by atoms with Crippen LogP contribution in [0.1, 0.15) is 48.9 Å². The van der Waals surface area contributed by atoms with Crippen LogP contribution in [0.5, 0.6) is 0 Å². The summed E-state index contributed by atoms with van der Waals surface area (Å²) in [5, 5.41) is 15.7. The van der Waals surface area contributed by atoms with Crippen LogP contribution in [-0.4, -0.2) is 5.91 Å². The minimum absolute atomic E-state index is 0.00522. The van der Waals surface area contributed by atoms with E-state index in [0.717, 1.165) is 19.3 Å². The largest absolute Gasteiger partial charge is 0.398 e. The lowest BCUT2D eigenvalue weighted by Crippen LogP contribution is -2.20. The molecular formula is C23H25ClN4O. The van der Waals surface area contributed by atoms with E-state index in [1.54, 1.807) is 18.2 Å². The topological polar surface area (TPSA) is 90.9 Å². The summed E-state index contributed by atoms with van der Waals surface area (Å²) >= 11 is 5.98. The first kappa shape index (κ1) is 20.8. The summed E-state index contributed by atoms with van der Waals surface area (Å²) in [7, 11) is 0. The predicted octanol–water partition coefficient (Wildman–Crippen LogP) is 4.89. The van der Waals surface area contributed by atoms with E-state index in [0.29, 0.717) is 16.4 Å². The fourth-order valence-electron chi connectivity index (χ4n) is 3.56. The summed E-state index contributed by atoms with van der Waals surface area (Å²) in [6.45, 7) is 2.08. The molecule has 0 aromatic heterocycles. The summed E-state index contributed by atoms with van der Waals surface area (Å²) in [5.41, 5.74) is 10.6. The van der Waals surface area contributed by atoms with E-state index in [9.17, 15) is 10.1 Å². The van der Waals surface area contributed by atoms with Crippen LogP contribution >= 0.6 is 11.6 Å². The molecule has 3 rings (SSSR count). The lowest BCUT2D eigenvalue weighted by Gasteiger charge is -2.21. The zero-order chi connectivity index (χ0) is 20.8. The third-order valence-electron chi connectivity index (χ3n) is 5.24. The van der Waals surface area contributed by atoms with Crippen molar-refractivity contribution in [3.8, 4) is 6.07 Å². The molecule has 0 saturated carbocycles. The summed E-state index contributed by atoms with van der Waals surface area (Å²) in [5.74, 6) is -0.499. The standard InChI is InChI=1S/C23H25ClN4O/c1-2-22(17-8-7-15-5-3-4-6-16(15)11-17)27-14-18(13-25)23(29)28-19-9-10-21(26)20(24)12-19/h7-12,14,22,27H,2-6,26H2,1H3,(H,28,29)/b18-14-. The summed E-state index contributed by atoms with van der Waals surface area (Å²) < 4.78 is 0.